The van der Waals surface area contributed by atoms with Crippen molar-refractivity contribution < 1.29 is 10.0 Å². The van der Waals surface area contributed by atoms with E-state index in [2.05, 4.69) is 45.1 Å². The highest BCUT2D eigenvalue weighted by atomic mass is 16.5. The molecule has 4 nitrogen and oxygen atoms in total. The molecule has 2 aliphatic rings. The number of fused-ring (bicyclic) bond motifs is 1. The zero-order valence-electron chi connectivity index (χ0n) is 18.9. The SMILES string of the molecule is CC1(C)CCC(C)(C)c2cc(C(=O)NC3CC(C)(C)N(O)C(C)(C)C3)ccc21. The van der Waals surface area contributed by atoms with Gasteiger partial charge in [0.2, 0.25) is 0 Å². The molecule has 0 bridgehead atoms. The lowest BCUT2D eigenvalue weighted by Gasteiger charge is -2.51. The molecule has 1 aliphatic carbocycles. The summed E-state index contributed by atoms with van der Waals surface area (Å²) in [6.45, 7) is 17.3. The molecule has 0 unspecified atom stereocenters. The Morgan fingerprint density at radius 2 is 1.43 bits per heavy atom. The van der Waals surface area contributed by atoms with Crippen LogP contribution in [0.3, 0.4) is 0 Å². The fraction of sp³-hybridized carbons (Fsp3) is 0.708. The van der Waals surface area contributed by atoms with Crippen molar-refractivity contribution in [2.24, 2.45) is 0 Å². The highest BCUT2D eigenvalue weighted by Gasteiger charge is 2.45. The minimum absolute atomic E-state index is 0.00929. The molecule has 156 valence electrons. The third-order valence-electron chi connectivity index (χ3n) is 7.09. The van der Waals surface area contributed by atoms with Crippen LogP contribution in [0.1, 0.15) is 103 Å². The molecule has 3 rings (SSSR count). The van der Waals surface area contributed by atoms with E-state index in [-0.39, 0.29) is 33.9 Å². The zero-order chi connectivity index (χ0) is 21.1. The number of amides is 1. The third kappa shape index (κ3) is 3.73. The van der Waals surface area contributed by atoms with Crippen LogP contribution in [0.25, 0.3) is 0 Å². The van der Waals surface area contributed by atoms with E-state index in [1.54, 1.807) is 0 Å². The van der Waals surface area contributed by atoms with E-state index in [1.807, 2.05) is 33.8 Å². The lowest BCUT2D eigenvalue weighted by molar-refractivity contribution is -0.245. The van der Waals surface area contributed by atoms with Gasteiger partial charge in [0.25, 0.3) is 5.91 Å². The second kappa shape index (κ2) is 6.56. The summed E-state index contributed by atoms with van der Waals surface area (Å²) in [7, 11) is 0. The minimum atomic E-state index is -0.373. The molecular formula is C24H38N2O2. The highest BCUT2D eigenvalue weighted by molar-refractivity contribution is 5.94. The van der Waals surface area contributed by atoms with Gasteiger partial charge in [0.05, 0.1) is 0 Å². The quantitative estimate of drug-likeness (QED) is 0.737. The summed E-state index contributed by atoms with van der Waals surface area (Å²) in [6, 6.07) is 6.30. The van der Waals surface area contributed by atoms with E-state index in [4.69, 9.17) is 0 Å². The Morgan fingerprint density at radius 1 is 0.929 bits per heavy atom. The molecular weight excluding hydrogens is 348 g/mol. The van der Waals surface area contributed by atoms with Crippen LogP contribution in [0, 0.1) is 0 Å². The molecule has 1 amide bonds. The minimum Gasteiger partial charge on any atom is -0.349 e. The second-order valence-electron chi connectivity index (χ2n) is 11.5. The number of benzene rings is 1. The monoisotopic (exact) mass is 386 g/mol. The largest absolute Gasteiger partial charge is 0.349 e. The van der Waals surface area contributed by atoms with Gasteiger partial charge in [-0.05, 0) is 87.5 Å². The Morgan fingerprint density at radius 3 is 1.96 bits per heavy atom. The topological polar surface area (TPSA) is 52.6 Å². The Hall–Kier alpha value is -1.39. The van der Waals surface area contributed by atoms with Gasteiger partial charge in [0.15, 0.2) is 0 Å². The average Bonchev–Trinajstić information content (AvgIpc) is 2.56. The van der Waals surface area contributed by atoms with Crippen LogP contribution >= 0.6 is 0 Å². The molecule has 4 heteroatoms. The van der Waals surface area contributed by atoms with E-state index in [1.165, 1.54) is 22.6 Å². The van der Waals surface area contributed by atoms with E-state index < -0.39 is 0 Å². The van der Waals surface area contributed by atoms with Crippen LogP contribution in [-0.2, 0) is 10.8 Å². The Kier molecular flexibility index (Phi) is 5.00. The molecule has 0 radical (unpaired) electrons. The first-order valence-corrected chi connectivity index (χ1v) is 10.6. The summed E-state index contributed by atoms with van der Waals surface area (Å²) in [5.41, 5.74) is 2.92. The Labute approximate surface area is 170 Å². The predicted molar refractivity (Wildman–Crippen MR) is 114 cm³/mol. The summed E-state index contributed by atoms with van der Waals surface area (Å²) < 4.78 is 0. The number of nitrogens with one attached hydrogen (secondary N) is 1. The molecule has 0 spiro atoms. The first kappa shape index (κ1) is 21.3. The van der Waals surface area contributed by atoms with Crippen molar-refractivity contribution in [2.75, 3.05) is 0 Å². The van der Waals surface area contributed by atoms with Crippen LogP contribution < -0.4 is 5.32 Å². The highest BCUT2D eigenvalue weighted by Crippen LogP contribution is 2.46. The first-order chi connectivity index (χ1) is 12.7. The van der Waals surface area contributed by atoms with Gasteiger partial charge in [-0.15, -0.1) is 0 Å². The number of carbonyl (C=O) groups excluding carboxylic acids is 1. The fourth-order valence-electron chi connectivity index (χ4n) is 5.37. The van der Waals surface area contributed by atoms with Crippen LogP contribution in [-0.4, -0.2) is 33.3 Å². The molecule has 28 heavy (non-hydrogen) atoms. The van der Waals surface area contributed by atoms with Gasteiger partial charge in [-0.25, -0.2) is 0 Å². The van der Waals surface area contributed by atoms with Crippen molar-refractivity contribution in [1.29, 1.82) is 0 Å². The molecule has 1 aromatic rings. The lowest BCUT2D eigenvalue weighted by Crippen LogP contribution is -2.62. The number of piperidine rings is 1. The van der Waals surface area contributed by atoms with E-state index in [0.717, 1.165) is 24.8 Å². The van der Waals surface area contributed by atoms with Crippen LogP contribution in [0.15, 0.2) is 18.2 Å². The van der Waals surface area contributed by atoms with Crippen LogP contribution in [0.2, 0.25) is 0 Å². The molecule has 0 aromatic heterocycles. The molecule has 1 saturated heterocycles. The summed E-state index contributed by atoms with van der Waals surface area (Å²) in [4.78, 5) is 13.1. The number of nitrogens with zero attached hydrogens (tertiary/aromatic N) is 1. The van der Waals surface area contributed by atoms with Gasteiger partial charge in [0.1, 0.15) is 0 Å². The first-order valence-electron chi connectivity index (χ1n) is 10.6. The normalized spacial score (nSPS) is 25.8. The van der Waals surface area contributed by atoms with Crippen molar-refractivity contribution in [2.45, 2.75) is 109 Å². The van der Waals surface area contributed by atoms with Gasteiger partial charge >= 0.3 is 0 Å². The zero-order valence-corrected chi connectivity index (χ0v) is 18.9. The Balaban J connectivity index is 1.85. The standard InChI is InChI=1S/C24H38N2O2/c1-21(2)11-12-22(3,4)19-13-16(9-10-18(19)21)20(27)25-17-14-23(5,6)26(28)24(7,8)15-17/h9-10,13,17,28H,11-12,14-15H2,1-8H3,(H,25,27). The maximum atomic E-state index is 13.1. The van der Waals surface area contributed by atoms with Crippen molar-refractivity contribution in [1.82, 2.24) is 10.4 Å². The van der Waals surface area contributed by atoms with Crippen LogP contribution in [0.5, 0.6) is 0 Å². The lowest BCUT2D eigenvalue weighted by atomic mass is 9.63. The maximum Gasteiger partial charge on any atom is 0.251 e. The number of hydrogen-bond acceptors (Lipinski definition) is 3. The van der Waals surface area contributed by atoms with Crippen molar-refractivity contribution in [3.05, 3.63) is 34.9 Å². The van der Waals surface area contributed by atoms with E-state index in [9.17, 15) is 10.0 Å². The number of hydroxylamine groups is 2. The van der Waals surface area contributed by atoms with Gasteiger partial charge in [-0.2, -0.15) is 5.06 Å². The third-order valence-corrected chi connectivity index (χ3v) is 7.09. The molecule has 0 saturated carbocycles. The molecule has 1 heterocycles. The molecule has 0 atom stereocenters. The van der Waals surface area contributed by atoms with E-state index in [0.29, 0.717) is 0 Å². The summed E-state index contributed by atoms with van der Waals surface area (Å²) in [6.07, 6.45) is 3.75. The smallest absolute Gasteiger partial charge is 0.251 e. The molecule has 2 N–H and O–H groups in total. The number of hydrogen-bond donors (Lipinski definition) is 2. The maximum absolute atomic E-state index is 13.1. The number of rotatable bonds is 2. The molecule has 1 aliphatic heterocycles. The number of carbonyl (C=O) groups is 1. The van der Waals surface area contributed by atoms with Gasteiger partial charge in [-0.1, -0.05) is 33.8 Å². The van der Waals surface area contributed by atoms with Gasteiger partial charge in [0, 0.05) is 22.7 Å². The van der Waals surface area contributed by atoms with Crippen molar-refractivity contribution in [3.63, 3.8) is 0 Å². The average molecular weight is 387 g/mol. The van der Waals surface area contributed by atoms with E-state index >= 15 is 0 Å². The molecule has 1 fully saturated rings. The summed E-state index contributed by atoms with van der Waals surface area (Å²) in [5.74, 6) is -0.00929. The van der Waals surface area contributed by atoms with Gasteiger partial charge < -0.3 is 10.5 Å². The van der Waals surface area contributed by atoms with Crippen molar-refractivity contribution >= 4 is 5.91 Å². The summed E-state index contributed by atoms with van der Waals surface area (Å²) in [5, 5.41) is 15.2. The Bertz CT molecular complexity index is 759. The van der Waals surface area contributed by atoms with Gasteiger partial charge in [-0.3, -0.25) is 4.79 Å². The molecule has 1 aromatic carbocycles. The summed E-state index contributed by atoms with van der Waals surface area (Å²) >= 11 is 0. The predicted octanol–water partition coefficient (Wildman–Crippen LogP) is 5.18. The van der Waals surface area contributed by atoms with Crippen LogP contribution in [0.4, 0.5) is 0 Å². The fourth-order valence-corrected chi connectivity index (χ4v) is 5.37. The second-order valence-corrected chi connectivity index (χ2v) is 11.5. The van der Waals surface area contributed by atoms with Crippen molar-refractivity contribution in [3.8, 4) is 0 Å².